The molecular weight excluding hydrogens is 288 g/mol. The van der Waals surface area contributed by atoms with Crippen LogP contribution in [-0.2, 0) is 6.42 Å². The molecule has 2 aromatic rings. The molecule has 112 valence electrons. The van der Waals surface area contributed by atoms with Crippen molar-refractivity contribution in [2.45, 2.75) is 26.3 Å². The first-order chi connectivity index (χ1) is 10.1. The minimum Gasteiger partial charge on any atom is -0.496 e. The van der Waals surface area contributed by atoms with Gasteiger partial charge in [-0.05, 0) is 26.0 Å². The summed E-state index contributed by atoms with van der Waals surface area (Å²) >= 11 is 5.86. The molecule has 5 nitrogen and oxygen atoms in total. The van der Waals surface area contributed by atoms with Crippen LogP contribution in [0.5, 0.6) is 5.75 Å². The molecule has 1 unspecified atom stereocenters. The standard InChI is InChI=1S/C15H19ClN4O/c1-9-7-18-13(10(2)15(9)21-3)6-14(20-17)12-5-4-11(16)8-19-12/h4-5,7-8,14,20H,6,17H2,1-3H3. The molecule has 0 saturated carbocycles. The van der Waals surface area contributed by atoms with Crippen molar-refractivity contribution in [2.75, 3.05) is 7.11 Å². The molecule has 0 aliphatic carbocycles. The number of hydrazine groups is 1. The lowest BCUT2D eigenvalue weighted by Crippen LogP contribution is -2.30. The molecule has 1 atom stereocenters. The smallest absolute Gasteiger partial charge is 0.128 e. The third-order valence-corrected chi connectivity index (χ3v) is 3.68. The average Bonchev–Trinajstić information content (AvgIpc) is 2.48. The Morgan fingerprint density at radius 3 is 2.62 bits per heavy atom. The molecule has 2 aromatic heterocycles. The summed E-state index contributed by atoms with van der Waals surface area (Å²) in [5.74, 6) is 6.52. The van der Waals surface area contributed by atoms with Gasteiger partial charge in [0.2, 0.25) is 0 Å². The first-order valence-corrected chi connectivity index (χ1v) is 7.01. The minimum absolute atomic E-state index is 0.138. The predicted octanol–water partition coefficient (Wildman–Crippen LogP) is 2.50. The molecule has 6 heteroatoms. The Morgan fingerprint density at radius 2 is 2.05 bits per heavy atom. The Labute approximate surface area is 129 Å². The number of nitrogens with zero attached hydrogens (tertiary/aromatic N) is 2. The number of aromatic nitrogens is 2. The first kappa shape index (κ1) is 15.7. The van der Waals surface area contributed by atoms with Crippen molar-refractivity contribution in [1.29, 1.82) is 0 Å². The molecule has 0 bridgehead atoms. The van der Waals surface area contributed by atoms with Crippen LogP contribution in [-0.4, -0.2) is 17.1 Å². The Bertz CT molecular complexity index is 616. The van der Waals surface area contributed by atoms with Crippen LogP contribution in [0.1, 0.15) is 28.6 Å². The first-order valence-electron chi connectivity index (χ1n) is 6.63. The number of aryl methyl sites for hydroxylation is 1. The molecular formula is C15H19ClN4O. The lowest BCUT2D eigenvalue weighted by Gasteiger charge is -2.18. The molecule has 0 aliphatic rings. The molecule has 0 aromatic carbocycles. The van der Waals surface area contributed by atoms with E-state index in [1.54, 1.807) is 19.4 Å². The van der Waals surface area contributed by atoms with Gasteiger partial charge in [0, 0.05) is 35.6 Å². The topological polar surface area (TPSA) is 73.1 Å². The summed E-state index contributed by atoms with van der Waals surface area (Å²) in [5.41, 5.74) is 6.56. The molecule has 0 spiro atoms. The van der Waals surface area contributed by atoms with Gasteiger partial charge in [0.15, 0.2) is 0 Å². The van der Waals surface area contributed by atoms with Crippen LogP contribution < -0.4 is 16.0 Å². The molecule has 0 fully saturated rings. The Kier molecular flexibility index (Phi) is 5.12. The van der Waals surface area contributed by atoms with Crippen molar-refractivity contribution in [3.63, 3.8) is 0 Å². The van der Waals surface area contributed by atoms with E-state index in [9.17, 15) is 0 Å². The van der Waals surface area contributed by atoms with Crippen molar-refractivity contribution in [3.05, 3.63) is 52.1 Å². The molecule has 3 N–H and O–H groups in total. The number of hydrogen-bond acceptors (Lipinski definition) is 5. The average molecular weight is 307 g/mol. The predicted molar refractivity (Wildman–Crippen MR) is 83.3 cm³/mol. The van der Waals surface area contributed by atoms with Gasteiger partial charge in [0.1, 0.15) is 5.75 Å². The van der Waals surface area contributed by atoms with E-state index in [1.165, 1.54) is 0 Å². The summed E-state index contributed by atoms with van der Waals surface area (Å²) in [6.45, 7) is 3.97. The second-order valence-electron chi connectivity index (χ2n) is 4.87. The van der Waals surface area contributed by atoms with E-state index in [0.29, 0.717) is 11.4 Å². The van der Waals surface area contributed by atoms with Crippen LogP contribution in [0.4, 0.5) is 0 Å². The van der Waals surface area contributed by atoms with Crippen LogP contribution in [0.15, 0.2) is 24.5 Å². The van der Waals surface area contributed by atoms with Crippen LogP contribution in [0.3, 0.4) is 0 Å². The summed E-state index contributed by atoms with van der Waals surface area (Å²) in [4.78, 5) is 8.79. The number of halogens is 1. The molecule has 21 heavy (non-hydrogen) atoms. The maximum Gasteiger partial charge on any atom is 0.128 e. The number of methoxy groups -OCH3 is 1. The fourth-order valence-corrected chi connectivity index (χ4v) is 2.42. The van der Waals surface area contributed by atoms with Crippen LogP contribution in [0.2, 0.25) is 5.02 Å². The maximum absolute atomic E-state index is 5.86. The lowest BCUT2D eigenvalue weighted by molar-refractivity contribution is 0.406. The Hall–Kier alpha value is -1.69. The normalized spacial score (nSPS) is 12.2. The van der Waals surface area contributed by atoms with E-state index >= 15 is 0 Å². The minimum atomic E-state index is -0.138. The van der Waals surface area contributed by atoms with Gasteiger partial charge in [-0.1, -0.05) is 11.6 Å². The van der Waals surface area contributed by atoms with Gasteiger partial charge >= 0.3 is 0 Å². The van der Waals surface area contributed by atoms with E-state index < -0.39 is 0 Å². The highest BCUT2D eigenvalue weighted by Crippen LogP contribution is 2.26. The highest BCUT2D eigenvalue weighted by atomic mass is 35.5. The fraction of sp³-hybridized carbons (Fsp3) is 0.333. The second-order valence-corrected chi connectivity index (χ2v) is 5.31. The number of ether oxygens (including phenoxy) is 1. The summed E-state index contributed by atoms with van der Waals surface area (Å²) < 4.78 is 5.43. The molecule has 0 aliphatic heterocycles. The van der Waals surface area contributed by atoms with Crippen LogP contribution in [0, 0.1) is 13.8 Å². The number of nitrogens with two attached hydrogens (primary N) is 1. The summed E-state index contributed by atoms with van der Waals surface area (Å²) in [6, 6.07) is 3.51. The van der Waals surface area contributed by atoms with Gasteiger partial charge in [-0.25, -0.2) is 0 Å². The molecule has 0 radical (unpaired) electrons. The number of rotatable bonds is 5. The maximum atomic E-state index is 5.86. The van der Waals surface area contributed by atoms with E-state index in [2.05, 4.69) is 15.4 Å². The highest BCUT2D eigenvalue weighted by molar-refractivity contribution is 6.30. The summed E-state index contributed by atoms with van der Waals surface area (Å²) in [7, 11) is 1.67. The van der Waals surface area contributed by atoms with Crippen molar-refractivity contribution >= 4 is 11.6 Å². The van der Waals surface area contributed by atoms with Gasteiger partial charge < -0.3 is 4.74 Å². The quantitative estimate of drug-likeness (QED) is 0.656. The lowest BCUT2D eigenvalue weighted by atomic mass is 10.0. The zero-order valence-corrected chi connectivity index (χ0v) is 13.1. The van der Waals surface area contributed by atoms with E-state index in [0.717, 1.165) is 28.3 Å². The van der Waals surface area contributed by atoms with Crippen molar-refractivity contribution < 1.29 is 4.74 Å². The molecule has 0 amide bonds. The summed E-state index contributed by atoms with van der Waals surface area (Å²) in [5, 5.41) is 0.598. The number of pyridine rings is 2. The van der Waals surface area contributed by atoms with Gasteiger partial charge in [0.05, 0.1) is 23.9 Å². The van der Waals surface area contributed by atoms with Crippen molar-refractivity contribution in [3.8, 4) is 5.75 Å². The zero-order chi connectivity index (χ0) is 15.4. The van der Waals surface area contributed by atoms with Crippen LogP contribution >= 0.6 is 11.6 Å². The largest absolute Gasteiger partial charge is 0.496 e. The van der Waals surface area contributed by atoms with Crippen molar-refractivity contribution in [1.82, 2.24) is 15.4 Å². The summed E-state index contributed by atoms with van der Waals surface area (Å²) in [6.07, 6.45) is 4.04. The highest BCUT2D eigenvalue weighted by Gasteiger charge is 2.17. The molecule has 2 rings (SSSR count). The third-order valence-electron chi connectivity index (χ3n) is 3.46. The van der Waals surface area contributed by atoms with E-state index in [1.807, 2.05) is 26.1 Å². The Balaban J connectivity index is 2.29. The molecule has 0 saturated heterocycles. The van der Waals surface area contributed by atoms with Gasteiger partial charge in [-0.2, -0.15) is 0 Å². The van der Waals surface area contributed by atoms with E-state index in [-0.39, 0.29) is 6.04 Å². The third kappa shape index (κ3) is 3.50. The van der Waals surface area contributed by atoms with Crippen molar-refractivity contribution in [2.24, 2.45) is 5.84 Å². The SMILES string of the molecule is COc1c(C)cnc(CC(NN)c2ccc(Cl)cn2)c1C. The van der Waals surface area contributed by atoms with Gasteiger partial charge in [-0.3, -0.25) is 21.2 Å². The second kappa shape index (κ2) is 6.85. The zero-order valence-electron chi connectivity index (χ0n) is 12.4. The van der Waals surface area contributed by atoms with E-state index in [4.69, 9.17) is 22.2 Å². The monoisotopic (exact) mass is 306 g/mol. The van der Waals surface area contributed by atoms with Crippen LogP contribution in [0.25, 0.3) is 0 Å². The van der Waals surface area contributed by atoms with Gasteiger partial charge in [-0.15, -0.1) is 0 Å². The number of nitrogens with one attached hydrogen (secondary N) is 1. The Morgan fingerprint density at radius 1 is 1.29 bits per heavy atom. The van der Waals surface area contributed by atoms with Gasteiger partial charge in [0.25, 0.3) is 0 Å². The molecule has 2 heterocycles. The number of hydrogen-bond donors (Lipinski definition) is 2. The fourth-order valence-electron chi connectivity index (χ4n) is 2.31.